The van der Waals surface area contributed by atoms with Gasteiger partial charge >= 0.3 is 0 Å². The lowest BCUT2D eigenvalue weighted by atomic mass is 10.1. The van der Waals surface area contributed by atoms with Gasteiger partial charge in [0.25, 0.3) is 0 Å². The quantitative estimate of drug-likeness (QED) is 0.597. The summed E-state index contributed by atoms with van der Waals surface area (Å²) in [5.74, 6) is -0.659. The van der Waals surface area contributed by atoms with Gasteiger partial charge in [-0.15, -0.1) is 0 Å². The molecule has 2 N–H and O–H groups in total. The maximum atomic E-state index is 12.5. The number of nitrogens with one attached hydrogen (secondary N) is 2. The molecule has 1 atom stereocenters. The maximum Gasteiger partial charge on any atom is 0.240 e. The Bertz CT molecular complexity index is 813. The zero-order chi connectivity index (χ0) is 21.7. The van der Waals surface area contributed by atoms with E-state index in [1.807, 2.05) is 20.8 Å². The molecular formula is C21H33N3O4S. The molecule has 0 aliphatic carbocycles. The highest BCUT2D eigenvalue weighted by molar-refractivity contribution is 7.89. The fraction of sp³-hybridized carbons (Fsp3) is 0.619. The van der Waals surface area contributed by atoms with Gasteiger partial charge in [0.05, 0.1) is 10.8 Å². The van der Waals surface area contributed by atoms with E-state index in [1.54, 1.807) is 17.0 Å². The number of carbonyl (C=O) groups excluding carboxylic acids is 2. The lowest BCUT2D eigenvalue weighted by Crippen LogP contribution is -2.42. The molecule has 1 aliphatic heterocycles. The number of rotatable bonds is 9. The lowest BCUT2D eigenvalue weighted by Gasteiger charge is -2.31. The molecule has 7 nitrogen and oxygen atoms in total. The third kappa shape index (κ3) is 6.54. The van der Waals surface area contributed by atoms with E-state index in [0.29, 0.717) is 18.8 Å². The van der Waals surface area contributed by atoms with E-state index in [4.69, 9.17) is 0 Å². The topological polar surface area (TPSA) is 95.6 Å². The minimum atomic E-state index is -3.55. The molecule has 2 rings (SSSR count). The molecule has 1 saturated heterocycles. The van der Waals surface area contributed by atoms with Crippen molar-refractivity contribution in [2.75, 3.05) is 18.4 Å². The Morgan fingerprint density at radius 3 is 2.34 bits per heavy atom. The molecule has 0 saturated carbocycles. The van der Waals surface area contributed by atoms with Crippen LogP contribution in [0.5, 0.6) is 0 Å². The lowest BCUT2D eigenvalue weighted by molar-refractivity contribution is -0.131. The molecule has 0 bridgehead atoms. The molecule has 8 heteroatoms. The van der Waals surface area contributed by atoms with Crippen molar-refractivity contribution in [2.24, 2.45) is 5.92 Å². The standard InChI is InChI=1S/C21H33N3O4S/c1-5-6-7-8-13-22-29(27,28)18-11-9-17(10-12-18)23-20(26)16-14-19(25)24(15-16)21(2,3)4/h9-12,16,22H,5-8,13-15H2,1-4H3,(H,23,26)/t16-/m1/s1. The molecule has 0 unspecified atom stereocenters. The van der Waals surface area contributed by atoms with Crippen molar-refractivity contribution in [2.45, 2.75) is 70.2 Å². The third-order valence-corrected chi connectivity index (χ3v) is 6.54. The summed E-state index contributed by atoms with van der Waals surface area (Å²) >= 11 is 0. The van der Waals surface area contributed by atoms with Crippen molar-refractivity contribution in [3.05, 3.63) is 24.3 Å². The molecule has 29 heavy (non-hydrogen) atoms. The zero-order valence-corrected chi connectivity index (χ0v) is 18.6. The molecule has 162 valence electrons. The number of anilines is 1. The van der Waals surface area contributed by atoms with E-state index in [0.717, 1.165) is 25.7 Å². The summed E-state index contributed by atoms with van der Waals surface area (Å²) in [5, 5.41) is 2.79. The highest BCUT2D eigenvalue weighted by Crippen LogP contribution is 2.27. The van der Waals surface area contributed by atoms with Gasteiger partial charge in [0.2, 0.25) is 21.8 Å². The predicted molar refractivity (Wildman–Crippen MR) is 114 cm³/mol. The molecule has 0 aromatic heterocycles. The van der Waals surface area contributed by atoms with Crippen LogP contribution in [0.25, 0.3) is 0 Å². The number of nitrogens with zero attached hydrogens (tertiary/aromatic N) is 1. The Balaban J connectivity index is 1.92. The molecule has 1 fully saturated rings. The summed E-state index contributed by atoms with van der Waals surface area (Å²) in [6.45, 7) is 8.76. The Morgan fingerprint density at radius 1 is 1.14 bits per heavy atom. The smallest absolute Gasteiger partial charge is 0.240 e. The largest absolute Gasteiger partial charge is 0.337 e. The van der Waals surface area contributed by atoms with Crippen molar-refractivity contribution < 1.29 is 18.0 Å². The van der Waals surface area contributed by atoms with Crippen LogP contribution in [0.3, 0.4) is 0 Å². The fourth-order valence-corrected chi connectivity index (χ4v) is 4.41. The predicted octanol–water partition coefficient (Wildman–Crippen LogP) is 3.13. The van der Waals surface area contributed by atoms with E-state index in [1.165, 1.54) is 12.1 Å². The molecule has 2 amide bonds. The Hall–Kier alpha value is -1.93. The zero-order valence-electron chi connectivity index (χ0n) is 17.8. The third-order valence-electron chi connectivity index (χ3n) is 5.06. The van der Waals surface area contributed by atoms with Gasteiger partial charge in [-0.05, 0) is 51.5 Å². The second-order valence-electron chi connectivity index (χ2n) is 8.55. The number of hydrogen-bond donors (Lipinski definition) is 2. The Kier molecular flexibility index (Phi) is 7.82. The van der Waals surface area contributed by atoms with Crippen molar-refractivity contribution in [3.63, 3.8) is 0 Å². The van der Waals surface area contributed by atoms with E-state index >= 15 is 0 Å². The molecule has 0 spiro atoms. The van der Waals surface area contributed by atoms with Gasteiger partial charge in [0, 0.05) is 30.7 Å². The monoisotopic (exact) mass is 423 g/mol. The molecular weight excluding hydrogens is 390 g/mol. The SMILES string of the molecule is CCCCCCNS(=O)(=O)c1ccc(NC(=O)[C@@H]2CC(=O)N(C(C)(C)C)C2)cc1. The van der Waals surface area contributed by atoms with Gasteiger partial charge in [-0.2, -0.15) is 0 Å². The molecule has 0 radical (unpaired) electrons. The molecule has 1 aliphatic rings. The highest BCUT2D eigenvalue weighted by atomic mass is 32.2. The number of hydrogen-bond acceptors (Lipinski definition) is 4. The second kappa shape index (κ2) is 9.71. The van der Waals surface area contributed by atoms with E-state index < -0.39 is 15.9 Å². The number of amides is 2. The number of likely N-dealkylation sites (tertiary alicyclic amines) is 1. The van der Waals surface area contributed by atoms with Crippen LogP contribution in [0.1, 0.15) is 59.8 Å². The van der Waals surface area contributed by atoms with Crippen LogP contribution in [0.15, 0.2) is 29.2 Å². The molecule has 1 aromatic carbocycles. The number of benzene rings is 1. The number of unbranched alkanes of at least 4 members (excludes halogenated alkanes) is 3. The van der Waals surface area contributed by atoms with Crippen LogP contribution in [0.4, 0.5) is 5.69 Å². The van der Waals surface area contributed by atoms with Crippen LogP contribution in [-0.4, -0.2) is 43.8 Å². The van der Waals surface area contributed by atoms with Gasteiger partial charge in [0.15, 0.2) is 0 Å². The van der Waals surface area contributed by atoms with Crippen molar-refractivity contribution in [1.29, 1.82) is 0 Å². The van der Waals surface area contributed by atoms with Crippen molar-refractivity contribution in [1.82, 2.24) is 9.62 Å². The second-order valence-corrected chi connectivity index (χ2v) is 10.3. The van der Waals surface area contributed by atoms with Crippen LogP contribution in [0, 0.1) is 5.92 Å². The fourth-order valence-electron chi connectivity index (χ4n) is 3.33. The first-order valence-electron chi connectivity index (χ1n) is 10.3. The summed E-state index contributed by atoms with van der Waals surface area (Å²) in [6.07, 6.45) is 4.20. The van der Waals surface area contributed by atoms with Gasteiger partial charge in [-0.3, -0.25) is 9.59 Å². The minimum absolute atomic E-state index is 0.0240. The van der Waals surface area contributed by atoms with E-state index in [2.05, 4.69) is 17.0 Å². The Morgan fingerprint density at radius 2 is 1.79 bits per heavy atom. The van der Waals surface area contributed by atoms with E-state index in [9.17, 15) is 18.0 Å². The van der Waals surface area contributed by atoms with Gasteiger partial charge in [0.1, 0.15) is 0 Å². The van der Waals surface area contributed by atoms with Crippen molar-refractivity contribution in [3.8, 4) is 0 Å². The summed E-state index contributed by atoms with van der Waals surface area (Å²) in [5.41, 5.74) is 0.199. The first-order chi connectivity index (χ1) is 13.5. The van der Waals surface area contributed by atoms with Crippen molar-refractivity contribution >= 4 is 27.5 Å². The van der Waals surface area contributed by atoms with Crippen LogP contribution in [-0.2, 0) is 19.6 Å². The van der Waals surface area contributed by atoms with Crippen LogP contribution < -0.4 is 10.0 Å². The highest BCUT2D eigenvalue weighted by Gasteiger charge is 2.39. The molecule has 1 aromatic rings. The summed E-state index contributed by atoms with van der Waals surface area (Å²) in [4.78, 5) is 26.6. The first-order valence-corrected chi connectivity index (χ1v) is 11.7. The average Bonchev–Trinajstić information content (AvgIpc) is 3.04. The van der Waals surface area contributed by atoms with Gasteiger partial charge < -0.3 is 10.2 Å². The summed E-state index contributed by atoms with van der Waals surface area (Å²) in [7, 11) is -3.55. The molecule has 1 heterocycles. The summed E-state index contributed by atoms with van der Waals surface area (Å²) in [6, 6.07) is 6.10. The van der Waals surface area contributed by atoms with Crippen LogP contribution in [0.2, 0.25) is 0 Å². The number of carbonyl (C=O) groups is 2. The van der Waals surface area contributed by atoms with Crippen LogP contribution >= 0.6 is 0 Å². The minimum Gasteiger partial charge on any atom is -0.337 e. The van der Waals surface area contributed by atoms with Gasteiger partial charge in [-0.25, -0.2) is 13.1 Å². The van der Waals surface area contributed by atoms with E-state index in [-0.39, 0.29) is 28.7 Å². The average molecular weight is 424 g/mol. The summed E-state index contributed by atoms with van der Waals surface area (Å²) < 4.78 is 27.3. The Labute approximate surface area is 174 Å². The first kappa shape index (κ1) is 23.3. The maximum absolute atomic E-state index is 12.5. The number of sulfonamides is 1. The van der Waals surface area contributed by atoms with Gasteiger partial charge in [-0.1, -0.05) is 26.2 Å². The normalized spacial score (nSPS) is 17.6.